The Bertz CT molecular complexity index is 974. The molecule has 3 aromatic carbocycles. The van der Waals surface area contributed by atoms with Gasteiger partial charge in [0.2, 0.25) is 5.91 Å². The van der Waals surface area contributed by atoms with Crippen LogP contribution in [0.25, 0.3) is 0 Å². The van der Waals surface area contributed by atoms with Crippen LogP contribution in [-0.2, 0) is 4.79 Å². The number of benzene rings is 3. The molecule has 0 aliphatic rings. The highest BCUT2D eigenvalue weighted by molar-refractivity contribution is 5.97. The van der Waals surface area contributed by atoms with Crippen LogP contribution in [0.1, 0.15) is 47.4 Å². The number of hydrogen-bond acceptors (Lipinski definition) is 3. The van der Waals surface area contributed by atoms with Crippen molar-refractivity contribution in [3.8, 4) is 0 Å². The highest BCUT2D eigenvalue weighted by Crippen LogP contribution is 2.15. The molecular formula is C25H27N3O2. The van der Waals surface area contributed by atoms with Crippen LogP contribution in [0.5, 0.6) is 0 Å². The molecule has 0 radical (unpaired) electrons. The Labute approximate surface area is 177 Å². The average Bonchev–Trinajstić information content (AvgIpc) is 2.78. The molecule has 0 aliphatic heterocycles. The summed E-state index contributed by atoms with van der Waals surface area (Å²) < 4.78 is 0. The van der Waals surface area contributed by atoms with Crippen molar-refractivity contribution in [2.45, 2.75) is 25.9 Å². The number of nitrogens with one attached hydrogen (secondary N) is 3. The summed E-state index contributed by atoms with van der Waals surface area (Å²) in [7, 11) is 0. The second-order valence-electron chi connectivity index (χ2n) is 7.25. The molecule has 2 amide bonds. The lowest BCUT2D eigenvalue weighted by molar-refractivity contribution is -0.115. The highest BCUT2D eigenvalue weighted by atomic mass is 16.2. The van der Waals surface area contributed by atoms with Gasteiger partial charge >= 0.3 is 0 Å². The Kier molecular flexibility index (Phi) is 7.35. The Morgan fingerprint density at radius 1 is 0.767 bits per heavy atom. The lowest BCUT2D eigenvalue weighted by atomic mass is 10.1. The van der Waals surface area contributed by atoms with Crippen LogP contribution >= 0.6 is 0 Å². The second-order valence-corrected chi connectivity index (χ2v) is 7.25. The molecule has 154 valence electrons. The normalized spacial score (nSPS) is 12.6. The number of anilines is 1. The molecule has 0 bridgehead atoms. The number of amides is 2. The van der Waals surface area contributed by atoms with Gasteiger partial charge in [0.05, 0.1) is 12.6 Å². The first-order valence-corrected chi connectivity index (χ1v) is 10.1. The molecule has 3 aromatic rings. The van der Waals surface area contributed by atoms with Gasteiger partial charge in [-0.2, -0.15) is 0 Å². The van der Waals surface area contributed by atoms with E-state index >= 15 is 0 Å². The zero-order valence-electron chi connectivity index (χ0n) is 17.3. The monoisotopic (exact) mass is 401 g/mol. The molecule has 0 aliphatic carbocycles. The van der Waals surface area contributed by atoms with E-state index in [2.05, 4.69) is 16.0 Å². The van der Waals surface area contributed by atoms with Crippen molar-refractivity contribution in [1.29, 1.82) is 0 Å². The van der Waals surface area contributed by atoms with Crippen molar-refractivity contribution < 1.29 is 9.59 Å². The van der Waals surface area contributed by atoms with Gasteiger partial charge in [-0.15, -0.1) is 0 Å². The van der Waals surface area contributed by atoms with E-state index in [0.29, 0.717) is 11.3 Å². The molecule has 5 heteroatoms. The molecule has 0 fully saturated rings. The predicted molar refractivity (Wildman–Crippen MR) is 120 cm³/mol. The predicted octanol–water partition coefficient (Wildman–Crippen LogP) is 4.47. The van der Waals surface area contributed by atoms with Gasteiger partial charge in [-0.1, -0.05) is 66.7 Å². The fourth-order valence-corrected chi connectivity index (χ4v) is 3.15. The first kappa shape index (κ1) is 21.3. The molecule has 0 saturated carbocycles. The van der Waals surface area contributed by atoms with Gasteiger partial charge in [-0.3, -0.25) is 9.59 Å². The van der Waals surface area contributed by atoms with E-state index in [-0.39, 0.29) is 30.4 Å². The van der Waals surface area contributed by atoms with E-state index in [1.807, 2.05) is 74.5 Å². The molecule has 0 aromatic heterocycles. The van der Waals surface area contributed by atoms with E-state index in [1.165, 1.54) is 0 Å². The number of carbonyl (C=O) groups is 2. The van der Waals surface area contributed by atoms with Crippen LogP contribution in [0.15, 0.2) is 84.9 Å². The maximum Gasteiger partial charge on any atom is 0.251 e. The van der Waals surface area contributed by atoms with E-state index in [9.17, 15) is 9.59 Å². The topological polar surface area (TPSA) is 70.2 Å². The first-order chi connectivity index (χ1) is 14.5. The zero-order valence-corrected chi connectivity index (χ0v) is 17.3. The van der Waals surface area contributed by atoms with Crippen molar-refractivity contribution in [1.82, 2.24) is 10.6 Å². The Balaban J connectivity index is 1.54. The third-order valence-corrected chi connectivity index (χ3v) is 4.92. The van der Waals surface area contributed by atoms with Gasteiger partial charge in [0.15, 0.2) is 0 Å². The van der Waals surface area contributed by atoms with E-state index in [0.717, 1.165) is 11.1 Å². The summed E-state index contributed by atoms with van der Waals surface area (Å²) in [5, 5.41) is 9.04. The van der Waals surface area contributed by atoms with Crippen molar-refractivity contribution in [2.24, 2.45) is 0 Å². The van der Waals surface area contributed by atoms with Gasteiger partial charge in [0, 0.05) is 17.3 Å². The fourth-order valence-electron chi connectivity index (χ4n) is 3.15. The molecule has 3 rings (SSSR count). The van der Waals surface area contributed by atoms with Crippen LogP contribution in [0.4, 0.5) is 5.69 Å². The van der Waals surface area contributed by atoms with Crippen molar-refractivity contribution in [3.63, 3.8) is 0 Å². The van der Waals surface area contributed by atoms with Gasteiger partial charge in [0.25, 0.3) is 5.91 Å². The van der Waals surface area contributed by atoms with Gasteiger partial charge in [0.1, 0.15) is 0 Å². The average molecular weight is 402 g/mol. The largest absolute Gasteiger partial charge is 0.346 e. The summed E-state index contributed by atoms with van der Waals surface area (Å²) in [6.45, 7) is 4.14. The van der Waals surface area contributed by atoms with Crippen LogP contribution in [0.3, 0.4) is 0 Å². The lowest BCUT2D eigenvalue weighted by Crippen LogP contribution is -2.30. The van der Waals surface area contributed by atoms with Gasteiger partial charge in [-0.05, 0) is 43.2 Å². The quantitative estimate of drug-likeness (QED) is 0.522. The van der Waals surface area contributed by atoms with E-state index in [1.54, 1.807) is 24.3 Å². The second kappa shape index (κ2) is 10.4. The minimum Gasteiger partial charge on any atom is -0.346 e. The van der Waals surface area contributed by atoms with Gasteiger partial charge < -0.3 is 16.0 Å². The zero-order chi connectivity index (χ0) is 21.3. The molecule has 3 N–H and O–H groups in total. The molecular weight excluding hydrogens is 374 g/mol. The molecule has 2 atom stereocenters. The van der Waals surface area contributed by atoms with Crippen LogP contribution in [-0.4, -0.2) is 18.4 Å². The van der Waals surface area contributed by atoms with Crippen LogP contribution in [0.2, 0.25) is 0 Å². The summed E-state index contributed by atoms with van der Waals surface area (Å²) in [6.07, 6.45) is 0. The Hall–Kier alpha value is -3.44. The lowest BCUT2D eigenvalue weighted by Gasteiger charge is -2.15. The first-order valence-electron chi connectivity index (χ1n) is 10.1. The third kappa shape index (κ3) is 6.03. The maximum atomic E-state index is 12.6. The molecule has 2 unspecified atom stereocenters. The minimum atomic E-state index is -0.182. The summed E-state index contributed by atoms with van der Waals surface area (Å²) in [5.74, 6) is -0.341. The SMILES string of the molecule is CC(NCC(=O)Nc1cccc(C(=O)NC(C)c2ccccc2)c1)c1ccccc1. The van der Waals surface area contributed by atoms with Crippen molar-refractivity contribution >= 4 is 17.5 Å². The molecule has 0 spiro atoms. The minimum absolute atomic E-state index is 0.0635. The Morgan fingerprint density at radius 2 is 1.37 bits per heavy atom. The summed E-state index contributed by atoms with van der Waals surface area (Å²) in [4.78, 5) is 24.9. The smallest absolute Gasteiger partial charge is 0.251 e. The Morgan fingerprint density at radius 3 is 2.00 bits per heavy atom. The number of carbonyl (C=O) groups excluding carboxylic acids is 2. The number of hydrogen-bond donors (Lipinski definition) is 3. The summed E-state index contributed by atoms with van der Waals surface area (Å²) in [5.41, 5.74) is 3.25. The van der Waals surface area contributed by atoms with Crippen molar-refractivity contribution in [3.05, 3.63) is 102 Å². The standard InChI is InChI=1S/C25H27N3O2/c1-18(20-10-5-3-6-11-20)26-17-24(29)28-23-15-9-14-22(16-23)25(30)27-19(2)21-12-7-4-8-13-21/h3-16,18-19,26H,17H2,1-2H3,(H,27,30)(H,28,29). The van der Waals surface area contributed by atoms with E-state index < -0.39 is 0 Å². The van der Waals surface area contributed by atoms with Crippen molar-refractivity contribution in [2.75, 3.05) is 11.9 Å². The van der Waals surface area contributed by atoms with E-state index in [4.69, 9.17) is 0 Å². The van der Waals surface area contributed by atoms with Gasteiger partial charge in [-0.25, -0.2) is 0 Å². The van der Waals surface area contributed by atoms with Crippen LogP contribution < -0.4 is 16.0 Å². The molecule has 0 saturated heterocycles. The molecule has 30 heavy (non-hydrogen) atoms. The summed E-state index contributed by atoms with van der Waals surface area (Å²) in [6, 6.07) is 26.7. The number of rotatable bonds is 8. The maximum absolute atomic E-state index is 12.6. The summed E-state index contributed by atoms with van der Waals surface area (Å²) >= 11 is 0. The van der Waals surface area contributed by atoms with Crippen LogP contribution in [0, 0.1) is 0 Å². The highest BCUT2D eigenvalue weighted by Gasteiger charge is 2.13. The fraction of sp³-hybridized carbons (Fsp3) is 0.200. The molecule has 0 heterocycles. The molecule has 5 nitrogen and oxygen atoms in total. The third-order valence-electron chi connectivity index (χ3n) is 4.92.